The number of amides is 1. The molecule has 1 rings (SSSR count). The van der Waals surface area contributed by atoms with Crippen molar-refractivity contribution in [2.24, 2.45) is 11.8 Å². The lowest BCUT2D eigenvalue weighted by molar-refractivity contribution is -0.145. The third-order valence-electron chi connectivity index (χ3n) is 2.63. The Morgan fingerprint density at radius 1 is 1.44 bits per heavy atom. The molecule has 2 unspecified atom stereocenters. The van der Waals surface area contributed by atoms with E-state index in [1.807, 2.05) is 0 Å². The lowest BCUT2D eigenvalue weighted by atomic mass is 9.95. The second-order valence-electron chi connectivity index (χ2n) is 3.83. The van der Waals surface area contributed by atoms with Crippen LogP contribution in [-0.4, -0.2) is 27.2 Å². The van der Waals surface area contributed by atoms with Gasteiger partial charge < -0.3 is 10.4 Å². The fraction of sp³-hybridized carbons (Fsp3) is 0.500. The summed E-state index contributed by atoms with van der Waals surface area (Å²) in [5.74, 6) is -2.12. The van der Waals surface area contributed by atoms with Crippen LogP contribution in [0.15, 0.2) is 6.20 Å². The number of carbonyl (C=O) groups excluding carboxylic acids is 1. The Morgan fingerprint density at radius 3 is 2.50 bits per heavy atom. The van der Waals surface area contributed by atoms with E-state index in [1.165, 1.54) is 6.92 Å². The van der Waals surface area contributed by atoms with E-state index >= 15 is 0 Å². The quantitative estimate of drug-likeness (QED) is 0.712. The van der Waals surface area contributed by atoms with Crippen LogP contribution in [0.4, 0.5) is 5.82 Å². The van der Waals surface area contributed by atoms with Crippen molar-refractivity contribution in [1.29, 1.82) is 0 Å². The van der Waals surface area contributed by atoms with Crippen LogP contribution in [0.2, 0.25) is 0 Å². The molecule has 1 aromatic rings. The fourth-order valence-electron chi connectivity index (χ4n) is 1.15. The molecule has 1 heterocycles. The second-order valence-corrected chi connectivity index (χ2v) is 3.83. The first-order valence-electron chi connectivity index (χ1n) is 4.97. The minimum absolute atomic E-state index is 0.331. The summed E-state index contributed by atoms with van der Waals surface area (Å²) in [5.41, 5.74) is 0.809. The highest BCUT2D eigenvalue weighted by molar-refractivity contribution is 5.94. The first kappa shape index (κ1) is 12.2. The first-order chi connectivity index (χ1) is 7.43. The van der Waals surface area contributed by atoms with Gasteiger partial charge in [0.25, 0.3) is 0 Å². The number of carboxylic acids is 1. The molecule has 0 saturated carbocycles. The minimum atomic E-state index is -0.982. The van der Waals surface area contributed by atoms with Gasteiger partial charge in [0.05, 0.1) is 12.1 Å². The zero-order valence-electron chi connectivity index (χ0n) is 9.44. The van der Waals surface area contributed by atoms with E-state index < -0.39 is 17.8 Å². The Hall–Kier alpha value is -1.85. The van der Waals surface area contributed by atoms with Gasteiger partial charge in [0.2, 0.25) is 5.91 Å². The summed E-state index contributed by atoms with van der Waals surface area (Å²) in [6.45, 7) is 4.89. The number of aromatic nitrogens is 2. The van der Waals surface area contributed by atoms with Crippen LogP contribution < -0.4 is 5.32 Å². The molecule has 0 spiro atoms. The van der Waals surface area contributed by atoms with E-state index in [1.54, 1.807) is 20.0 Å². The van der Waals surface area contributed by atoms with Crippen molar-refractivity contribution in [1.82, 2.24) is 10.2 Å². The highest BCUT2D eigenvalue weighted by atomic mass is 16.4. The summed E-state index contributed by atoms with van der Waals surface area (Å²) in [4.78, 5) is 22.4. The molecule has 6 nitrogen and oxygen atoms in total. The second kappa shape index (κ2) is 4.78. The summed E-state index contributed by atoms with van der Waals surface area (Å²) in [6.07, 6.45) is 1.58. The molecule has 1 amide bonds. The SMILES string of the molecule is Cc1cn[nH]c1NC(=O)C(C)C(C)C(=O)O. The smallest absolute Gasteiger partial charge is 0.307 e. The van der Waals surface area contributed by atoms with Crippen LogP contribution in [0, 0.1) is 18.8 Å². The Labute approximate surface area is 93.1 Å². The molecule has 6 heteroatoms. The number of nitrogens with one attached hydrogen (secondary N) is 2. The molecule has 0 radical (unpaired) electrons. The first-order valence-corrected chi connectivity index (χ1v) is 4.97. The number of rotatable bonds is 4. The molecule has 88 valence electrons. The van der Waals surface area contributed by atoms with Crippen LogP contribution in [0.3, 0.4) is 0 Å². The van der Waals surface area contributed by atoms with Gasteiger partial charge >= 0.3 is 5.97 Å². The molecular weight excluding hydrogens is 210 g/mol. The number of carbonyl (C=O) groups is 2. The number of anilines is 1. The maximum atomic E-state index is 11.7. The third kappa shape index (κ3) is 2.59. The lowest BCUT2D eigenvalue weighted by Crippen LogP contribution is -2.30. The lowest BCUT2D eigenvalue weighted by Gasteiger charge is -2.15. The van der Waals surface area contributed by atoms with Gasteiger partial charge in [0, 0.05) is 11.5 Å². The molecule has 0 aliphatic rings. The molecule has 0 saturated heterocycles. The summed E-state index contributed by atoms with van der Waals surface area (Å²) in [7, 11) is 0. The fourth-order valence-corrected chi connectivity index (χ4v) is 1.15. The molecule has 1 aromatic heterocycles. The van der Waals surface area contributed by atoms with Gasteiger partial charge in [-0.05, 0) is 6.92 Å². The van der Waals surface area contributed by atoms with E-state index in [2.05, 4.69) is 15.5 Å². The van der Waals surface area contributed by atoms with Crippen molar-refractivity contribution in [3.8, 4) is 0 Å². The van der Waals surface area contributed by atoms with Gasteiger partial charge in [0.15, 0.2) is 0 Å². The third-order valence-corrected chi connectivity index (χ3v) is 2.63. The highest BCUT2D eigenvalue weighted by Crippen LogP contribution is 2.15. The molecule has 0 fully saturated rings. The number of aromatic amines is 1. The van der Waals surface area contributed by atoms with E-state index in [0.29, 0.717) is 5.82 Å². The van der Waals surface area contributed by atoms with E-state index in [-0.39, 0.29) is 5.91 Å². The minimum Gasteiger partial charge on any atom is -0.481 e. The molecule has 0 aliphatic carbocycles. The van der Waals surface area contributed by atoms with E-state index in [9.17, 15) is 9.59 Å². The number of aryl methyl sites for hydroxylation is 1. The zero-order chi connectivity index (χ0) is 12.3. The van der Waals surface area contributed by atoms with Crippen LogP contribution >= 0.6 is 0 Å². The molecule has 0 bridgehead atoms. The molecule has 0 aliphatic heterocycles. The van der Waals surface area contributed by atoms with Gasteiger partial charge in [0.1, 0.15) is 5.82 Å². The summed E-state index contributed by atoms with van der Waals surface area (Å²) in [5, 5.41) is 17.8. The van der Waals surface area contributed by atoms with Gasteiger partial charge in [-0.15, -0.1) is 0 Å². The molecule has 2 atom stereocenters. The van der Waals surface area contributed by atoms with Crippen LogP contribution in [-0.2, 0) is 9.59 Å². The number of H-pyrrole nitrogens is 1. The summed E-state index contributed by atoms with van der Waals surface area (Å²) < 4.78 is 0. The number of hydrogen-bond acceptors (Lipinski definition) is 3. The van der Waals surface area contributed by atoms with Crippen LogP contribution in [0.1, 0.15) is 19.4 Å². The summed E-state index contributed by atoms with van der Waals surface area (Å²) >= 11 is 0. The van der Waals surface area contributed by atoms with Crippen LogP contribution in [0.5, 0.6) is 0 Å². The average Bonchev–Trinajstić information content (AvgIpc) is 2.62. The number of carboxylic acid groups (broad SMARTS) is 1. The van der Waals surface area contributed by atoms with Crippen molar-refractivity contribution >= 4 is 17.7 Å². The maximum Gasteiger partial charge on any atom is 0.307 e. The molecule has 0 aromatic carbocycles. The highest BCUT2D eigenvalue weighted by Gasteiger charge is 2.26. The topological polar surface area (TPSA) is 95.1 Å². The predicted molar refractivity (Wildman–Crippen MR) is 57.9 cm³/mol. The van der Waals surface area contributed by atoms with Gasteiger partial charge in [-0.25, -0.2) is 0 Å². The normalized spacial score (nSPS) is 14.2. The van der Waals surface area contributed by atoms with Crippen molar-refractivity contribution in [3.63, 3.8) is 0 Å². The number of nitrogens with zero attached hydrogens (tertiary/aromatic N) is 1. The van der Waals surface area contributed by atoms with E-state index in [0.717, 1.165) is 5.56 Å². The number of aliphatic carboxylic acids is 1. The Bertz CT molecular complexity index is 400. The monoisotopic (exact) mass is 225 g/mol. The number of hydrogen-bond donors (Lipinski definition) is 3. The standard InChI is InChI=1S/C10H15N3O3/c1-5-4-11-13-8(5)12-9(14)6(2)7(3)10(15)16/h4,6-7H,1-3H3,(H,15,16)(H2,11,12,13,14). The van der Waals surface area contributed by atoms with Crippen molar-refractivity contribution in [2.75, 3.05) is 5.32 Å². The Kier molecular flexibility index (Phi) is 3.65. The van der Waals surface area contributed by atoms with E-state index in [4.69, 9.17) is 5.11 Å². The van der Waals surface area contributed by atoms with Crippen LogP contribution in [0.25, 0.3) is 0 Å². The molecular formula is C10H15N3O3. The van der Waals surface area contributed by atoms with Gasteiger partial charge in [-0.2, -0.15) is 5.10 Å². The Morgan fingerprint density at radius 2 is 2.06 bits per heavy atom. The van der Waals surface area contributed by atoms with Gasteiger partial charge in [-0.1, -0.05) is 13.8 Å². The zero-order valence-corrected chi connectivity index (χ0v) is 9.44. The largest absolute Gasteiger partial charge is 0.481 e. The molecule has 3 N–H and O–H groups in total. The average molecular weight is 225 g/mol. The predicted octanol–water partition coefficient (Wildman–Crippen LogP) is 1.01. The molecule has 16 heavy (non-hydrogen) atoms. The van der Waals surface area contributed by atoms with Crippen molar-refractivity contribution in [2.45, 2.75) is 20.8 Å². The Balaban J connectivity index is 2.66. The maximum absolute atomic E-state index is 11.7. The van der Waals surface area contributed by atoms with Crippen molar-refractivity contribution < 1.29 is 14.7 Å². The van der Waals surface area contributed by atoms with Gasteiger partial charge in [-0.3, -0.25) is 14.7 Å². The van der Waals surface area contributed by atoms with Crippen molar-refractivity contribution in [3.05, 3.63) is 11.8 Å². The summed E-state index contributed by atoms with van der Waals surface area (Å²) in [6, 6.07) is 0.